The number of hydrogen-bond donors (Lipinski definition) is 0. The maximum absolute atomic E-state index is 11.4. The quantitative estimate of drug-likeness (QED) is 0.589. The second-order valence-electron chi connectivity index (χ2n) is 2.49. The van der Waals surface area contributed by atoms with Gasteiger partial charge in [-0.05, 0) is 12.1 Å². The molecule has 1 rings (SSSR count). The predicted octanol–water partition coefficient (Wildman–Crippen LogP) is 3.34. The molecule has 0 fully saturated rings. The molecule has 0 radical (unpaired) electrons. The summed E-state index contributed by atoms with van der Waals surface area (Å²) in [5, 5.41) is 0.544. The summed E-state index contributed by atoms with van der Waals surface area (Å²) in [6.07, 6.45) is 1.48. The molecule has 74 valence electrons. The van der Waals surface area contributed by atoms with E-state index in [1.54, 1.807) is 18.2 Å². The standard InChI is InChI=1S/C10H8Cl2O2/c1-2-6-14-10(13)7-4-3-5-8(11)9(7)12/h2-5H,1,6H2. The highest BCUT2D eigenvalue weighted by molar-refractivity contribution is 6.43. The van der Waals surface area contributed by atoms with Gasteiger partial charge in [-0.1, -0.05) is 41.9 Å². The lowest BCUT2D eigenvalue weighted by molar-refractivity contribution is 0.0550. The van der Waals surface area contributed by atoms with Crippen molar-refractivity contribution in [3.8, 4) is 0 Å². The summed E-state index contributed by atoms with van der Waals surface area (Å²) < 4.78 is 4.81. The van der Waals surface area contributed by atoms with Gasteiger partial charge in [0, 0.05) is 0 Å². The summed E-state index contributed by atoms with van der Waals surface area (Å²) in [4.78, 5) is 11.4. The van der Waals surface area contributed by atoms with Crippen LogP contribution in [0.15, 0.2) is 30.9 Å². The van der Waals surface area contributed by atoms with Crippen molar-refractivity contribution < 1.29 is 9.53 Å². The van der Waals surface area contributed by atoms with E-state index < -0.39 is 5.97 Å². The lowest BCUT2D eigenvalue weighted by Gasteiger charge is -2.04. The minimum absolute atomic E-state index is 0.154. The van der Waals surface area contributed by atoms with Crippen molar-refractivity contribution in [2.45, 2.75) is 0 Å². The summed E-state index contributed by atoms with van der Waals surface area (Å²) in [6, 6.07) is 4.80. The Morgan fingerprint density at radius 3 is 2.86 bits per heavy atom. The van der Waals surface area contributed by atoms with E-state index in [4.69, 9.17) is 27.9 Å². The first-order valence-corrected chi connectivity index (χ1v) is 4.64. The monoisotopic (exact) mass is 230 g/mol. The van der Waals surface area contributed by atoms with Gasteiger partial charge in [-0.3, -0.25) is 0 Å². The number of halogens is 2. The third-order valence-corrected chi connectivity index (χ3v) is 2.32. The molecule has 2 nitrogen and oxygen atoms in total. The Hall–Kier alpha value is -0.990. The molecular formula is C10H8Cl2O2. The molecule has 0 amide bonds. The zero-order valence-electron chi connectivity index (χ0n) is 7.30. The normalized spacial score (nSPS) is 9.57. The van der Waals surface area contributed by atoms with E-state index in [2.05, 4.69) is 6.58 Å². The van der Waals surface area contributed by atoms with Gasteiger partial charge in [-0.15, -0.1) is 0 Å². The Labute approximate surface area is 92.1 Å². The van der Waals surface area contributed by atoms with Crippen molar-refractivity contribution in [1.29, 1.82) is 0 Å². The molecule has 14 heavy (non-hydrogen) atoms. The fourth-order valence-corrected chi connectivity index (χ4v) is 1.25. The third kappa shape index (κ3) is 2.50. The molecule has 0 aliphatic heterocycles. The molecular weight excluding hydrogens is 223 g/mol. The Kier molecular flexibility index (Phi) is 3.98. The smallest absolute Gasteiger partial charge is 0.340 e. The Bertz CT molecular complexity index is 361. The molecule has 0 heterocycles. The van der Waals surface area contributed by atoms with E-state index in [-0.39, 0.29) is 17.2 Å². The maximum atomic E-state index is 11.4. The summed E-state index contributed by atoms with van der Waals surface area (Å²) >= 11 is 11.5. The summed E-state index contributed by atoms with van der Waals surface area (Å²) in [7, 11) is 0. The molecule has 1 aromatic carbocycles. The van der Waals surface area contributed by atoms with Gasteiger partial charge in [0.2, 0.25) is 0 Å². The van der Waals surface area contributed by atoms with Crippen LogP contribution >= 0.6 is 23.2 Å². The highest BCUT2D eigenvalue weighted by Crippen LogP contribution is 2.25. The highest BCUT2D eigenvalue weighted by Gasteiger charge is 2.12. The van der Waals surface area contributed by atoms with Gasteiger partial charge in [0.15, 0.2) is 0 Å². The number of carbonyl (C=O) groups is 1. The van der Waals surface area contributed by atoms with Gasteiger partial charge >= 0.3 is 5.97 Å². The van der Waals surface area contributed by atoms with Crippen molar-refractivity contribution in [2.24, 2.45) is 0 Å². The van der Waals surface area contributed by atoms with Crippen LogP contribution in [0.2, 0.25) is 10.0 Å². The van der Waals surface area contributed by atoms with E-state index in [1.165, 1.54) is 6.08 Å². The maximum Gasteiger partial charge on any atom is 0.340 e. The topological polar surface area (TPSA) is 26.3 Å². The van der Waals surface area contributed by atoms with E-state index in [9.17, 15) is 4.79 Å². The predicted molar refractivity (Wildman–Crippen MR) is 56.9 cm³/mol. The molecule has 0 spiro atoms. The van der Waals surface area contributed by atoms with Gasteiger partial charge in [-0.25, -0.2) is 4.79 Å². The lowest BCUT2D eigenvalue weighted by Crippen LogP contribution is -2.05. The van der Waals surface area contributed by atoms with Crippen molar-refractivity contribution in [3.63, 3.8) is 0 Å². The van der Waals surface area contributed by atoms with Crippen LogP contribution in [-0.4, -0.2) is 12.6 Å². The van der Waals surface area contributed by atoms with Crippen LogP contribution in [0.1, 0.15) is 10.4 Å². The first kappa shape index (κ1) is 11.1. The van der Waals surface area contributed by atoms with Gasteiger partial charge in [0.1, 0.15) is 6.61 Å². The molecule has 0 atom stereocenters. The van der Waals surface area contributed by atoms with Crippen LogP contribution in [0.5, 0.6) is 0 Å². The number of hydrogen-bond acceptors (Lipinski definition) is 2. The van der Waals surface area contributed by atoms with Crippen molar-refractivity contribution >= 4 is 29.2 Å². The molecule has 0 aliphatic rings. The van der Waals surface area contributed by atoms with Gasteiger partial charge in [0.05, 0.1) is 15.6 Å². The molecule has 0 aromatic heterocycles. The average molecular weight is 231 g/mol. The fourth-order valence-electron chi connectivity index (χ4n) is 0.874. The molecule has 0 unspecified atom stereocenters. The molecule has 0 saturated heterocycles. The molecule has 1 aromatic rings. The second kappa shape index (κ2) is 5.03. The SMILES string of the molecule is C=CCOC(=O)c1cccc(Cl)c1Cl. The summed E-state index contributed by atoms with van der Waals surface area (Å²) in [5.41, 5.74) is 0.265. The summed E-state index contributed by atoms with van der Waals surface area (Å²) in [5.74, 6) is -0.502. The number of ether oxygens (including phenoxy) is 1. The van der Waals surface area contributed by atoms with Crippen molar-refractivity contribution in [1.82, 2.24) is 0 Å². The largest absolute Gasteiger partial charge is 0.458 e. The number of carbonyl (C=O) groups excluding carboxylic acids is 1. The number of rotatable bonds is 3. The second-order valence-corrected chi connectivity index (χ2v) is 3.27. The van der Waals surface area contributed by atoms with Crippen LogP contribution in [-0.2, 0) is 4.74 Å². The Morgan fingerprint density at radius 1 is 1.50 bits per heavy atom. The van der Waals surface area contributed by atoms with Crippen LogP contribution in [0.25, 0.3) is 0 Å². The van der Waals surface area contributed by atoms with E-state index in [0.717, 1.165) is 0 Å². The van der Waals surface area contributed by atoms with E-state index >= 15 is 0 Å². The lowest BCUT2D eigenvalue weighted by atomic mass is 10.2. The molecule has 4 heteroatoms. The zero-order chi connectivity index (χ0) is 10.6. The molecule has 0 N–H and O–H groups in total. The first-order chi connectivity index (χ1) is 6.66. The fraction of sp³-hybridized carbons (Fsp3) is 0.100. The minimum Gasteiger partial charge on any atom is -0.458 e. The Balaban J connectivity index is 2.89. The van der Waals surface area contributed by atoms with Crippen LogP contribution in [0, 0.1) is 0 Å². The molecule has 0 aliphatic carbocycles. The summed E-state index contributed by atoms with van der Waals surface area (Å²) in [6.45, 7) is 3.58. The highest BCUT2D eigenvalue weighted by atomic mass is 35.5. The van der Waals surface area contributed by atoms with E-state index in [1.807, 2.05) is 0 Å². The van der Waals surface area contributed by atoms with Gasteiger partial charge in [0.25, 0.3) is 0 Å². The molecule has 0 bridgehead atoms. The van der Waals surface area contributed by atoms with Crippen molar-refractivity contribution in [3.05, 3.63) is 46.5 Å². The number of esters is 1. The van der Waals surface area contributed by atoms with Crippen molar-refractivity contribution in [2.75, 3.05) is 6.61 Å². The minimum atomic E-state index is -0.502. The average Bonchev–Trinajstić information content (AvgIpc) is 2.18. The van der Waals surface area contributed by atoms with E-state index in [0.29, 0.717) is 5.02 Å². The van der Waals surface area contributed by atoms with Gasteiger partial charge in [-0.2, -0.15) is 0 Å². The van der Waals surface area contributed by atoms with Crippen LogP contribution in [0.3, 0.4) is 0 Å². The van der Waals surface area contributed by atoms with Gasteiger partial charge < -0.3 is 4.74 Å². The number of benzene rings is 1. The molecule has 0 saturated carbocycles. The first-order valence-electron chi connectivity index (χ1n) is 3.89. The zero-order valence-corrected chi connectivity index (χ0v) is 8.81. The third-order valence-electron chi connectivity index (χ3n) is 1.50. The van der Waals surface area contributed by atoms with Crippen LogP contribution < -0.4 is 0 Å². The van der Waals surface area contributed by atoms with Crippen LogP contribution in [0.4, 0.5) is 0 Å². The Morgan fingerprint density at radius 2 is 2.21 bits per heavy atom.